The number of carboxylic acid groups (broad SMARTS) is 1. The summed E-state index contributed by atoms with van der Waals surface area (Å²) in [6.07, 6.45) is 1.64. The van der Waals surface area contributed by atoms with Crippen LogP contribution in [-0.4, -0.2) is 58.4 Å². The monoisotopic (exact) mass is 396 g/mol. The molecule has 0 fully saturated rings. The Kier molecular flexibility index (Phi) is 5.67. The molecule has 2 aromatic heterocycles. The molecule has 0 aliphatic carbocycles. The van der Waals surface area contributed by atoms with E-state index in [-0.39, 0.29) is 11.3 Å². The lowest BCUT2D eigenvalue weighted by molar-refractivity contribution is -0.384. The number of carboxylic acids is 1. The van der Waals surface area contributed by atoms with E-state index in [1.54, 1.807) is 24.4 Å². The van der Waals surface area contributed by atoms with Crippen molar-refractivity contribution >= 4 is 17.2 Å². The predicted molar refractivity (Wildman–Crippen MR) is 111 cm³/mol. The molecule has 0 radical (unpaired) electrons. The molecular weight excluding hydrogens is 372 g/mol. The number of nitrogens with zero attached hydrogens (tertiary/aromatic N) is 4. The van der Waals surface area contributed by atoms with E-state index in [4.69, 9.17) is 0 Å². The molecule has 0 spiro atoms. The molecule has 8 nitrogen and oxygen atoms in total. The van der Waals surface area contributed by atoms with Crippen molar-refractivity contribution in [2.45, 2.75) is 13.1 Å². The number of benzene rings is 1. The molecule has 0 aliphatic rings. The molecule has 0 amide bonds. The van der Waals surface area contributed by atoms with Crippen molar-refractivity contribution in [2.75, 3.05) is 28.2 Å². The van der Waals surface area contributed by atoms with Crippen molar-refractivity contribution < 1.29 is 14.8 Å². The van der Waals surface area contributed by atoms with Crippen LogP contribution in [0.15, 0.2) is 42.6 Å². The third kappa shape index (κ3) is 4.13. The fourth-order valence-corrected chi connectivity index (χ4v) is 3.54. The lowest BCUT2D eigenvalue weighted by Gasteiger charge is -2.15. The highest BCUT2D eigenvalue weighted by Gasteiger charge is 2.22. The van der Waals surface area contributed by atoms with Crippen LogP contribution >= 0.6 is 0 Å². The van der Waals surface area contributed by atoms with E-state index in [2.05, 4.69) is 4.90 Å². The summed E-state index contributed by atoms with van der Waals surface area (Å²) in [4.78, 5) is 26.2. The van der Waals surface area contributed by atoms with Crippen LogP contribution in [0, 0.1) is 10.1 Å². The summed E-state index contributed by atoms with van der Waals surface area (Å²) in [5, 5.41) is 20.5. The Morgan fingerprint density at radius 1 is 1.03 bits per heavy atom. The number of rotatable bonds is 7. The van der Waals surface area contributed by atoms with Gasteiger partial charge in [-0.25, -0.2) is 4.79 Å². The molecule has 1 N–H and O–H groups in total. The number of hydrogen-bond donors (Lipinski definition) is 1. The van der Waals surface area contributed by atoms with Gasteiger partial charge in [0.05, 0.1) is 16.0 Å². The Bertz CT molecular complexity index is 1070. The minimum Gasteiger partial charge on any atom is -0.478 e. The number of aromatic carboxylic acids is 1. The van der Waals surface area contributed by atoms with E-state index >= 15 is 0 Å². The van der Waals surface area contributed by atoms with Gasteiger partial charge in [0.1, 0.15) is 0 Å². The van der Waals surface area contributed by atoms with Gasteiger partial charge in [-0.2, -0.15) is 0 Å². The largest absolute Gasteiger partial charge is 0.478 e. The second-order valence-corrected chi connectivity index (χ2v) is 7.56. The van der Waals surface area contributed by atoms with Gasteiger partial charge in [-0.15, -0.1) is 0 Å². The van der Waals surface area contributed by atoms with E-state index in [0.717, 1.165) is 27.9 Å². The number of carbonyl (C=O) groups is 1. The zero-order valence-electron chi connectivity index (χ0n) is 16.9. The van der Waals surface area contributed by atoms with Crippen LogP contribution in [0.1, 0.15) is 21.6 Å². The lowest BCUT2D eigenvalue weighted by atomic mass is 9.99. The number of non-ortho nitro benzene ring substituents is 1. The molecule has 8 heteroatoms. The van der Waals surface area contributed by atoms with Gasteiger partial charge in [-0.3, -0.25) is 10.1 Å². The number of fused-ring (bicyclic) bond motifs is 1. The van der Waals surface area contributed by atoms with Crippen molar-refractivity contribution in [1.82, 2.24) is 14.2 Å². The van der Waals surface area contributed by atoms with Gasteiger partial charge in [0.2, 0.25) is 0 Å². The molecule has 152 valence electrons. The Hall–Kier alpha value is -3.23. The van der Waals surface area contributed by atoms with Gasteiger partial charge in [0, 0.05) is 42.7 Å². The van der Waals surface area contributed by atoms with Crippen LogP contribution in [0.25, 0.3) is 16.6 Å². The first-order valence-electron chi connectivity index (χ1n) is 9.12. The maximum Gasteiger partial charge on any atom is 0.337 e. The molecular formula is C21H24N4O4. The second-order valence-electron chi connectivity index (χ2n) is 7.56. The van der Waals surface area contributed by atoms with Gasteiger partial charge in [0.25, 0.3) is 5.69 Å². The van der Waals surface area contributed by atoms with Gasteiger partial charge in [-0.1, -0.05) is 0 Å². The third-order valence-electron chi connectivity index (χ3n) is 4.69. The van der Waals surface area contributed by atoms with Crippen LogP contribution < -0.4 is 0 Å². The predicted octanol–water partition coefficient (Wildman–Crippen LogP) is 3.34. The summed E-state index contributed by atoms with van der Waals surface area (Å²) in [6.45, 7) is 1.24. The summed E-state index contributed by atoms with van der Waals surface area (Å²) in [5.74, 6) is -0.984. The molecule has 0 saturated heterocycles. The number of nitro groups is 1. The van der Waals surface area contributed by atoms with Crippen molar-refractivity contribution in [3.63, 3.8) is 0 Å². The summed E-state index contributed by atoms with van der Waals surface area (Å²) < 4.78 is 1.93. The Morgan fingerprint density at radius 3 is 2.17 bits per heavy atom. The van der Waals surface area contributed by atoms with Gasteiger partial charge < -0.3 is 19.3 Å². The summed E-state index contributed by atoms with van der Waals surface area (Å²) >= 11 is 0. The standard InChI is InChI=1S/C21H24N4O4/c1-22(2)12-17-18-10-7-15(21(26)27)11-24(18)19(13-23(3)4)20(17)14-5-8-16(9-6-14)25(28)29/h5-11H,12-13H2,1-4H3,(H,26,27). The zero-order valence-corrected chi connectivity index (χ0v) is 16.9. The second kappa shape index (κ2) is 8.02. The van der Waals surface area contributed by atoms with E-state index in [0.29, 0.717) is 13.1 Å². The summed E-state index contributed by atoms with van der Waals surface area (Å²) in [6, 6.07) is 9.94. The fraction of sp³-hybridized carbons (Fsp3) is 0.286. The first-order valence-corrected chi connectivity index (χ1v) is 9.12. The van der Waals surface area contributed by atoms with Crippen molar-refractivity contribution in [2.24, 2.45) is 0 Å². The highest BCUT2D eigenvalue weighted by Crippen LogP contribution is 2.35. The molecule has 0 unspecified atom stereocenters. The molecule has 1 aromatic carbocycles. The Labute approximate surface area is 168 Å². The van der Waals surface area contributed by atoms with E-state index in [1.807, 2.05) is 43.6 Å². The quantitative estimate of drug-likeness (QED) is 0.487. The summed E-state index contributed by atoms with van der Waals surface area (Å²) in [5.41, 5.74) is 5.01. The lowest BCUT2D eigenvalue weighted by Crippen LogP contribution is -2.14. The Balaban J connectivity index is 2.34. The number of aromatic nitrogens is 1. The average molecular weight is 396 g/mol. The molecule has 0 aliphatic heterocycles. The first-order chi connectivity index (χ1) is 13.7. The topological polar surface area (TPSA) is 91.3 Å². The minimum atomic E-state index is -0.984. The third-order valence-corrected chi connectivity index (χ3v) is 4.69. The SMILES string of the molecule is CN(C)Cc1c(-c2ccc([N+](=O)[O-])cc2)c(CN(C)C)n2cc(C(=O)O)ccc12. The zero-order chi connectivity index (χ0) is 21.3. The van der Waals surface area contributed by atoms with Crippen LogP contribution in [0.4, 0.5) is 5.69 Å². The van der Waals surface area contributed by atoms with Gasteiger partial charge >= 0.3 is 5.97 Å². The van der Waals surface area contributed by atoms with E-state index in [9.17, 15) is 20.0 Å². The normalized spacial score (nSPS) is 11.5. The van der Waals surface area contributed by atoms with Gasteiger partial charge in [0.15, 0.2) is 0 Å². The van der Waals surface area contributed by atoms with E-state index in [1.165, 1.54) is 12.1 Å². The van der Waals surface area contributed by atoms with Crippen LogP contribution in [-0.2, 0) is 13.1 Å². The average Bonchev–Trinajstić information content (AvgIpc) is 2.93. The maximum atomic E-state index is 11.5. The fourth-order valence-electron chi connectivity index (χ4n) is 3.54. The Morgan fingerprint density at radius 2 is 1.66 bits per heavy atom. The first kappa shape index (κ1) is 20.5. The molecule has 29 heavy (non-hydrogen) atoms. The molecule has 3 rings (SSSR count). The summed E-state index contributed by atoms with van der Waals surface area (Å²) in [7, 11) is 7.85. The molecule has 3 aromatic rings. The van der Waals surface area contributed by atoms with Gasteiger partial charge in [-0.05, 0) is 63.6 Å². The van der Waals surface area contributed by atoms with Crippen molar-refractivity contribution in [1.29, 1.82) is 0 Å². The molecule has 0 saturated carbocycles. The van der Waals surface area contributed by atoms with Crippen molar-refractivity contribution in [3.05, 3.63) is 69.5 Å². The number of hydrogen-bond acceptors (Lipinski definition) is 5. The van der Waals surface area contributed by atoms with Crippen LogP contribution in [0.2, 0.25) is 0 Å². The highest BCUT2D eigenvalue weighted by molar-refractivity contribution is 5.89. The van der Waals surface area contributed by atoms with Crippen LogP contribution in [0.3, 0.4) is 0 Å². The van der Waals surface area contributed by atoms with Crippen molar-refractivity contribution in [3.8, 4) is 11.1 Å². The number of nitro benzene ring substituents is 1. The molecule has 0 bridgehead atoms. The number of pyridine rings is 1. The minimum absolute atomic E-state index is 0.0361. The van der Waals surface area contributed by atoms with Crippen LogP contribution in [0.5, 0.6) is 0 Å². The smallest absolute Gasteiger partial charge is 0.337 e. The highest BCUT2D eigenvalue weighted by atomic mass is 16.6. The molecule has 2 heterocycles. The molecule has 0 atom stereocenters. The van der Waals surface area contributed by atoms with E-state index < -0.39 is 10.9 Å². The maximum absolute atomic E-state index is 11.5.